The third-order valence-corrected chi connectivity index (χ3v) is 2.86. The third-order valence-electron chi connectivity index (χ3n) is 2.86. The molecule has 0 aliphatic rings. The second-order valence-electron chi connectivity index (χ2n) is 5.09. The molecule has 0 unspecified atom stereocenters. The minimum absolute atomic E-state index is 0.216. The Kier molecular flexibility index (Phi) is 4.62. The summed E-state index contributed by atoms with van der Waals surface area (Å²) in [6, 6.07) is 5.05. The van der Waals surface area contributed by atoms with Crippen molar-refractivity contribution in [3.63, 3.8) is 0 Å². The van der Waals surface area contributed by atoms with Crippen molar-refractivity contribution in [1.82, 2.24) is 20.1 Å². The lowest BCUT2D eigenvalue weighted by Gasteiger charge is -2.08. The van der Waals surface area contributed by atoms with E-state index in [1.165, 1.54) is 10.9 Å². The van der Waals surface area contributed by atoms with Gasteiger partial charge in [0, 0.05) is 25.0 Å². The number of rotatable bonds is 5. The van der Waals surface area contributed by atoms with Gasteiger partial charge in [-0.1, -0.05) is 19.9 Å². The summed E-state index contributed by atoms with van der Waals surface area (Å²) in [5.74, 6) is 0. The molecule has 0 saturated heterocycles. The fourth-order valence-electron chi connectivity index (χ4n) is 1.74. The molecule has 0 atom stereocenters. The summed E-state index contributed by atoms with van der Waals surface area (Å²) in [5.41, 5.74) is 0.810. The molecule has 0 aromatic carbocycles. The number of halogens is 3. The highest BCUT2D eigenvalue weighted by Gasteiger charge is 2.33. The van der Waals surface area contributed by atoms with Gasteiger partial charge in [0.1, 0.15) is 0 Å². The molecule has 2 aromatic rings. The van der Waals surface area contributed by atoms with Crippen LogP contribution in [0.2, 0.25) is 0 Å². The number of hydrogen-bond donors (Lipinski definition) is 1. The average molecular weight is 298 g/mol. The van der Waals surface area contributed by atoms with Crippen molar-refractivity contribution in [1.29, 1.82) is 0 Å². The summed E-state index contributed by atoms with van der Waals surface area (Å²) in [6.07, 6.45) is -1.39. The highest BCUT2D eigenvalue weighted by Crippen LogP contribution is 2.27. The van der Waals surface area contributed by atoms with Crippen LogP contribution in [0.25, 0.3) is 0 Å². The van der Waals surface area contributed by atoms with Gasteiger partial charge in [0.25, 0.3) is 0 Å². The molecule has 2 aromatic heterocycles. The molecule has 0 amide bonds. The molecule has 0 aliphatic carbocycles. The maximum atomic E-state index is 12.4. The standard InChI is InChI=1S/C14H17F3N4/c1-10(2)18-7-11-3-4-12(19-8-11)9-21-6-5-13(20-21)14(15,16)17/h3-6,8,10,18H,7,9H2,1-2H3. The van der Waals surface area contributed by atoms with Crippen LogP contribution >= 0.6 is 0 Å². The molecule has 4 nitrogen and oxygen atoms in total. The Morgan fingerprint density at radius 2 is 2.00 bits per heavy atom. The molecule has 0 spiro atoms. The quantitative estimate of drug-likeness (QED) is 0.923. The van der Waals surface area contributed by atoms with E-state index < -0.39 is 11.9 Å². The zero-order valence-corrected chi connectivity index (χ0v) is 11.9. The Hall–Kier alpha value is -1.89. The van der Waals surface area contributed by atoms with Crippen molar-refractivity contribution in [2.75, 3.05) is 0 Å². The molecular formula is C14H17F3N4. The largest absolute Gasteiger partial charge is 0.435 e. The van der Waals surface area contributed by atoms with E-state index in [1.807, 2.05) is 6.07 Å². The van der Waals surface area contributed by atoms with Crippen LogP contribution < -0.4 is 5.32 Å². The van der Waals surface area contributed by atoms with E-state index in [9.17, 15) is 13.2 Å². The van der Waals surface area contributed by atoms with Crippen molar-refractivity contribution in [3.8, 4) is 0 Å². The minimum atomic E-state index is -4.41. The van der Waals surface area contributed by atoms with Gasteiger partial charge in [0.05, 0.1) is 12.2 Å². The highest BCUT2D eigenvalue weighted by atomic mass is 19.4. The van der Waals surface area contributed by atoms with Gasteiger partial charge in [-0.15, -0.1) is 0 Å². The molecule has 21 heavy (non-hydrogen) atoms. The molecule has 0 fully saturated rings. The summed E-state index contributed by atoms with van der Waals surface area (Å²) in [7, 11) is 0. The monoisotopic (exact) mass is 298 g/mol. The number of pyridine rings is 1. The lowest BCUT2D eigenvalue weighted by molar-refractivity contribution is -0.141. The van der Waals surface area contributed by atoms with Crippen molar-refractivity contribution in [3.05, 3.63) is 47.5 Å². The van der Waals surface area contributed by atoms with E-state index in [0.717, 1.165) is 11.6 Å². The maximum absolute atomic E-state index is 12.4. The van der Waals surface area contributed by atoms with Crippen LogP contribution in [-0.4, -0.2) is 20.8 Å². The van der Waals surface area contributed by atoms with Crippen molar-refractivity contribution in [2.45, 2.75) is 39.2 Å². The van der Waals surface area contributed by atoms with E-state index in [0.29, 0.717) is 18.3 Å². The first-order valence-corrected chi connectivity index (χ1v) is 6.62. The van der Waals surface area contributed by atoms with Crippen LogP contribution in [0.4, 0.5) is 13.2 Å². The molecule has 2 rings (SSSR count). The summed E-state index contributed by atoms with van der Waals surface area (Å²) in [4.78, 5) is 4.24. The molecule has 114 valence electrons. The molecule has 1 N–H and O–H groups in total. The summed E-state index contributed by atoms with van der Waals surface area (Å²) < 4.78 is 38.6. The van der Waals surface area contributed by atoms with E-state index in [1.54, 1.807) is 12.3 Å². The van der Waals surface area contributed by atoms with Crippen molar-refractivity contribution < 1.29 is 13.2 Å². The molecule has 7 heteroatoms. The van der Waals surface area contributed by atoms with Gasteiger partial charge in [-0.05, 0) is 17.7 Å². The second-order valence-corrected chi connectivity index (χ2v) is 5.09. The number of nitrogens with one attached hydrogen (secondary N) is 1. The van der Waals surface area contributed by atoms with Crippen LogP contribution in [0.1, 0.15) is 30.8 Å². The van der Waals surface area contributed by atoms with E-state index in [2.05, 4.69) is 29.2 Å². The topological polar surface area (TPSA) is 42.7 Å². The lowest BCUT2D eigenvalue weighted by Crippen LogP contribution is -2.21. The van der Waals surface area contributed by atoms with Crippen molar-refractivity contribution >= 4 is 0 Å². The van der Waals surface area contributed by atoms with Crippen molar-refractivity contribution in [2.24, 2.45) is 0 Å². The summed E-state index contributed by atoms with van der Waals surface area (Å²) in [5, 5.41) is 6.77. The van der Waals surface area contributed by atoms with Gasteiger partial charge >= 0.3 is 6.18 Å². The Morgan fingerprint density at radius 1 is 1.24 bits per heavy atom. The van der Waals surface area contributed by atoms with Crippen LogP contribution in [0, 0.1) is 0 Å². The van der Waals surface area contributed by atoms with Gasteiger partial charge in [-0.25, -0.2) is 0 Å². The average Bonchev–Trinajstić information content (AvgIpc) is 2.86. The summed E-state index contributed by atoms with van der Waals surface area (Å²) >= 11 is 0. The van der Waals surface area contributed by atoms with Gasteiger partial charge in [0.2, 0.25) is 0 Å². The fourth-order valence-corrected chi connectivity index (χ4v) is 1.74. The third kappa shape index (κ3) is 4.56. The number of alkyl halides is 3. The Labute approximate surface area is 121 Å². The first-order valence-electron chi connectivity index (χ1n) is 6.62. The van der Waals surface area contributed by atoms with Gasteiger partial charge < -0.3 is 5.32 Å². The number of nitrogens with zero attached hydrogens (tertiary/aromatic N) is 3. The Balaban J connectivity index is 1.98. The van der Waals surface area contributed by atoms with Crippen LogP contribution in [0.15, 0.2) is 30.6 Å². The van der Waals surface area contributed by atoms with E-state index in [-0.39, 0.29) is 6.54 Å². The van der Waals surface area contributed by atoms with Crippen LogP contribution in [0.5, 0.6) is 0 Å². The molecule has 0 aliphatic heterocycles. The number of aromatic nitrogens is 3. The number of hydrogen-bond acceptors (Lipinski definition) is 3. The molecular weight excluding hydrogens is 281 g/mol. The normalized spacial score (nSPS) is 12.1. The lowest BCUT2D eigenvalue weighted by atomic mass is 10.2. The van der Waals surface area contributed by atoms with E-state index in [4.69, 9.17) is 0 Å². The Morgan fingerprint density at radius 3 is 2.52 bits per heavy atom. The smallest absolute Gasteiger partial charge is 0.310 e. The maximum Gasteiger partial charge on any atom is 0.435 e. The van der Waals surface area contributed by atoms with Gasteiger partial charge in [-0.3, -0.25) is 9.67 Å². The van der Waals surface area contributed by atoms with Crippen LogP contribution in [0.3, 0.4) is 0 Å². The predicted octanol–water partition coefficient (Wildman–Crippen LogP) is 2.84. The first kappa shape index (κ1) is 15.5. The first-order chi connectivity index (χ1) is 9.84. The molecule has 0 bridgehead atoms. The minimum Gasteiger partial charge on any atom is -0.310 e. The van der Waals surface area contributed by atoms with Crippen LogP contribution in [-0.2, 0) is 19.3 Å². The second kappa shape index (κ2) is 6.26. The highest BCUT2D eigenvalue weighted by molar-refractivity contribution is 5.14. The molecule has 2 heterocycles. The predicted molar refractivity (Wildman–Crippen MR) is 72.5 cm³/mol. The zero-order chi connectivity index (χ0) is 15.5. The van der Waals surface area contributed by atoms with E-state index >= 15 is 0 Å². The SMILES string of the molecule is CC(C)NCc1ccc(Cn2ccc(C(F)(F)F)n2)nc1. The zero-order valence-electron chi connectivity index (χ0n) is 11.9. The fraction of sp³-hybridized carbons (Fsp3) is 0.429. The summed E-state index contributed by atoms with van der Waals surface area (Å²) in [6.45, 7) is 5.04. The van der Waals surface area contributed by atoms with Gasteiger partial charge in [0.15, 0.2) is 5.69 Å². The molecule has 0 radical (unpaired) electrons. The molecule has 0 saturated carbocycles. The Bertz CT molecular complexity index is 573. The van der Waals surface area contributed by atoms with Gasteiger partial charge in [-0.2, -0.15) is 18.3 Å².